The minimum atomic E-state index is -1.01. The number of benzene rings is 1. The lowest BCUT2D eigenvalue weighted by atomic mass is 10.1. The quantitative estimate of drug-likeness (QED) is 0.730. The number of aromatic carboxylic acids is 1. The number of nitrogens with one attached hydrogen (secondary N) is 1. The summed E-state index contributed by atoms with van der Waals surface area (Å²) in [6.45, 7) is 1.17. The van der Waals surface area contributed by atoms with E-state index in [1.165, 1.54) is 12.5 Å². The van der Waals surface area contributed by atoms with Crippen LogP contribution < -0.4 is 4.74 Å². The molecule has 0 spiro atoms. The Morgan fingerprint density at radius 1 is 1.31 bits per heavy atom. The van der Waals surface area contributed by atoms with Crippen molar-refractivity contribution in [1.29, 1.82) is 0 Å². The summed E-state index contributed by atoms with van der Waals surface area (Å²) >= 11 is 0. The minimum Gasteiger partial charge on any atom is -0.478 e. The maximum atomic E-state index is 11.7. The topological polar surface area (TPSA) is 108 Å². The molecule has 0 unspecified atom stereocenters. The van der Waals surface area contributed by atoms with Crippen molar-refractivity contribution < 1.29 is 19.4 Å². The third-order valence-corrected chi connectivity index (χ3v) is 4.33. The molecule has 1 fully saturated rings. The van der Waals surface area contributed by atoms with Gasteiger partial charge in [-0.15, -0.1) is 0 Å². The summed E-state index contributed by atoms with van der Waals surface area (Å²) in [6.07, 6.45) is 4.29. The zero-order valence-corrected chi connectivity index (χ0v) is 13.8. The van der Waals surface area contributed by atoms with Crippen molar-refractivity contribution in [3.63, 3.8) is 0 Å². The Balaban J connectivity index is 1.56. The summed E-state index contributed by atoms with van der Waals surface area (Å²) in [5, 5.41) is 9.79. The molecule has 0 saturated carbocycles. The highest BCUT2D eigenvalue weighted by Crippen LogP contribution is 2.27. The van der Waals surface area contributed by atoms with Gasteiger partial charge >= 0.3 is 5.97 Å². The van der Waals surface area contributed by atoms with Crippen LogP contribution in [0.4, 0.5) is 0 Å². The average molecular weight is 352 g/mol. The van der Waals surface area contributed by atoms with E-state index in [9.17, 15) is 14.7 Å². The van der Waals surface area contributed by atoms with E-state index in [0.717, 1.165) is 13.0 Å². The van der Waals surface area contributed by atoms with Crippen LogP contribution in [0.2, 0.25) is 0 Å². The van der Waals surface area contributed by atoms with E-state index in [1.54, 1.807) is 29.2 Å². The zero-order valence-electron chi connectivity index (χ0n) is 13.8. The molecule has 0 bridgehead atoms. The molecule has 0 aliphatic carbocycles. The van der Waals surface area contributed by atoms with E-state index in [2.05, 4.69) is 15.0 Å². The van der Waals surface area contributed by atoms with Gasteiger partial charge in [-0.05, 0) is 24.6 Å². The van der Waals surface area contributed by atoms with Crippen LogP contribution in [0.15, 0.2) is 36.8 Å². The molecule has 26 heavy (non-hydrogen) atoms. The monoisotopic (exact) mass is 352 g/mol. The van der Waals surface area contributed by atoms with Gasteiger partial charge in [-0.1, -0.05) is 0 Å². The molecule has 0 radical (unpaired) electrons. The molecular formula is C18H16N4O4. The lowest BCUT2D eigenvalue weighted by molar-refractivity contribution is -0.128. The van der Waals surface area contributed by atoms with E-state index >= 15 is 0 Å². The number of hydrogen-bond acceptors (Lipinski definition) is 5. The van der Waals surface area contributed by atoms with Gasteiger partial charge in [-0.3, -0.25) is 4.79 Å². The van der Waals surface area contributed by atoms with E-state index in [0.29, 0.717) is 41.2 Å². The van der Waals surface area contributed by atoms with Gasteiger partial charge in [0.25, 0.3) is 0 Å². The fraction of sp³-hybridized carbons (Fsp3) is 0.222. The van der Waals surface area contributed by atoms with Crippen LogP contribution in [0, 0.1) is 0 Å². The maximum Gasteiger partial charge on any atom is 0.337 e. The first-order valence-electron chi connectivity index (χ1n) is 8.21. The number of carboxylic acid groups (broad SMARTS) is 1. The molecule has 132 valence electrons. The first-order valence-corrected chi connectivity index (χ1v) is 8.21. The number of likely N-dealkylation sites (tertiary alicyclic amines) is 1. The Morgan fingerprint density at radius 3 is 2.96 bits per heavy atom. The van der Waals surface area contributed by atoms with Gasteiger partial charge in [0.2, 0.25) is 11.8 Å². The maximum absolute atomic E-state index is 11.7. The lowest BCUT2D eigenvalue weighted by Gasteiger charge is -2.15. The highest BCUT2D eigenvalue weighted by molar-refractivity contribution is 6.03. The molecule has 3 heterocycles. The van der Waals surface area contributed by atoms with Gasteiger partial charge < -0.3 is 19.7 Å². The highest BCUT2D eigenvalue weighted by atomic mass is 16.5. The van der Waals surface area contributed by atoms with Crippen molar-refractivity contribution in [2.45, 2.75) is 19.4 Å². The Morgan fingerprint density at radius 2 is 2.19 bits per heavy atom. The van der Waals surface area contributed by atoms with Crippen LogP contribution in [0.3, 0.4) is 0 Å². The molecule has 1 aliphatic heterocycles. The SMILES string of the molecule is O=C(O)c1c[nH]c2ccc(Oc3cc(CN4CCCC4=O)ncn3)cc12. The number of carboxylic acids is 1. The van der Waals surface area contributed by atoms with Crippen molar-refractivity contribution in [1.82, 2.24) is 19.9 Å². The Kier molecular flexibility index (Phi) is 4.00. The molecule has 1 amide bonds. The predicted molar refractivity (Wildman–Crippen MR) is 92.0 cm³/mol. The van der Waals surface area contributed by atoms with Gasteiger partial charge in [0, 0.05) is 36.1 Å². The fourth-order valence-corrected chi connectivity index (χ4v) is 3.05. The van der Waals surface area contributed by atoms with Gasteiger partial charge in [0.05, 0.1) is 17.8 Å². The van der Waals surface area contributed by atoms with Crippen LogP contribution >= 0.6 is 0 Å². The zero-order chi connectivity index (χ0) is 18.1. The molecule has 1 aliphatic rings. The number of fused-ring (bicyclic) bond motifs is 1. The molecule has 4 rings (SSSR count). The Bertz CT molecular complexity index is 998. The summed E-state index contributed by atoms with van der Waals surface area (Å²) in [5.41, 5.74) is 1.59. The normalized spacial score (nSPS) is 14.2. The number of carbonyl (C=O) groups is 2. The molecule has 3 aromatic rings. The number of H-pyrrole nitrogens is 1. The Hall–Kier alpha value is -3.42. The largest absolute Gasteiger partial charge is 0.478 e. The number of ether oxygens (including phenoxy) is 1. The summed E-state index contributed by atoms with van der Waals surface area (Å²) in [7, 11) is 0. The number of nitrogens with zero attached hydrogens (tertiary/aromatic N) is 3. The first kappa shape index (κ1) is 16.1. The van der Waals surface area contributed by atoms with Gasteiger partial charge in [-0.2, -0.15) is 0 Å². The number of aromatic nitrogens is 3. The van der Waals surface area contributed by atoms with Crippen molar-refractivity contribution in [2.24, 2.45) is 0 Å². The number of carbonyl (C=O) groups excluding carboxylic acids is 1. The van der Waals surface area contributed by atoms with E-state index < -0.39 is 5.97 Å². The van der Waals surface area contributed by atoms with Crippen LogP contribution in [0.5, 0.6) is 11.6 Å². The molecular weight excluding hydrogens is 336 g/mol. The third-order valence-electron chi connectivity index (χ3n) is 4.33. The van der Waals surface area contributed by atoms with Crippen LogP contribution in [0.25, 0.3) is 10.9 Å². The van der Waals surface area contributed by atoms with E-state index in [1.807, 2.05) is 0 Å². The van der Waals surface area contributed by atoms with Crippen molar-refractivity contribution >= 4 is 22.8 Å². The van der Waals surface area contributed by atoms with Gasteiger partial charge in [-0.25, -0.2) is 14.8 Å². The molecule has 1 saturated heterocycles. The second-order valence-corrected chi connectivity index (χ2v) is 6.08. The van der Waals surface area contributed by atoms with E-state index in [-0.39, 0.29) is 11.5 Å². The molecule has 0 atom stereocenters. The lowest BCUT2D eigenvalue weighted by Crippen LogP contribution is -2.24. The van der Waals surface area contributed by atoms with E-state index in [4.69, 9.17) is 4.74 Å². The minimum absolute atomic E-state index is 0.130. The highest BCUT2D eigenvalue weighted by Gasteiger charge is 2.20. The van der Waals surface area contributed by atoms with Crippen molar-refractivity contribution in [2.75, 3.05) is 6.54 Å². The Labute approximate surface area is 148 Å². The predicted octanol–water partition coefficient (Wildman–Crippen LogP) is 2.57. The second kappa shape index (κ2) is 6.47. The summed E-state index contributed by atoms with van der Waals surface area (Å²) in [4.78, 5) is 36.0. The molecule has 1 aromatic carbocycles. The molecule has 8 nitrogen and oxygen atoms in total. The van der Waals surface area contributed by atoms with Crippen LogP contribution in [-0.2, 0) is 11.3 Å². The third kappa shape index (κ3) is 3.08. The van der Waals surface area contributed by atoms with Crippen LogP contribution in [0.1, 0.15) is 28.9 Å². The number of rotatable bonds is 5. The average Bonchev–Trinajstić information content (AvgIpc) is 3.21. The van der Waals surface area contributed by atoms with Gasteiger partial charge in [0.1, 0.15) is 12.1 Å². The summed E-state index contributed by atoms with van der Waals surface area (Å²) < 4.78 is 5.76. The molecule has 8 heteroatoms. The smallest absolute Gasteiger partial charge is 0.337 e. The second-order valence-electron chi connectivity index (χ2n) is 6.08. The first-order chi connectivity index (χ1) is 12.6. The fourth-order valence-electron chi connectivity index (χ4n) is 3.05. The van der Waals surface area contributed by atoms with Crippen molar-refractivity contribution in [3.8, 4) is 11.6 Å². The van der Waals surface area contributed by atoms with Gasteiger partial charge in [0.15, 0.2) is 0 Å². The number of amides is 1. The summed E-state index contributed by atoms with van der Waals surface area (Å²) in [6, 6.07) is 6.82. The molecule has 2 aromatic heterocycles. The van der Waals surface area contributed by atoms with Crippen LogP contribution in [-0.4, -0.2) is 43.4 Å². The molecule has 2 N–H and O–H groups in total. The number of hydrogen-bond donors (Lipinski definition) is 2. The van der Waals surface area contributed by atoms with Crippen molar-refractivity contribution in [3.05, 3.63) is 48.0 Å². The standard InChI is InChI=1S/C18H16N4O4/c23-17-2-1-5-22(17)9-11-6-16(21-10-20-11)26-12-3-4-15-13(7-12)14(8-19-15)18(24)25/h3-4,6-8,10,19H,1-2,5,9H2,(H,24,25). The number of aromatic amines is 1. The summed E-state index contributed by atoms with van der Waals surface area (Å²) in [5.74, 6) is -0.0619.